The van der Waals surface area contributed by atoms with Crippen molar-refractivity contribution in [2.75, 3.05) is 10.0 Å². The maximum absolute atomic E-state index is 12.4. The van der Waals surface area contributed by atoms with Gasteiger partial charge in [0, 0.05) is 16.8 Å². The van der Waals surface area contributed by atoms with Gasteiger partial charge in [-0.25, -0.2) is 18.4 Å². The lowest BCUT2D eigenvalue weighted by atomic mass is 10.3. The van der Waals surface area contributed by atoms with Gasteiger partial charge in [0.15, 0.2) is 5.13 Å². The van der Waals surface area contributed by atoms with Crippen molar-refractivity contribution in [2.45, 2.75) is 18.2 Å². The number of carbonyl (C=O) groups is 1. The van der Waals surface area contributed by atoms with Crippen molar-refractivity contribution in [1.82, 2.24) is 9.97 Å². The summed E-state index contributed by atoms with van der Waals surface area (Å²) in [7, 11) is -3.74. The SMILES string of the molecule is Cc1nc(Nc2ccc(S(=O)(=O)Nc3ccccn3)cc2)sc1CC(=O)O. The van der Waals surface area contributed by atoms with Crippen molar-refractivity contribution < 1.29 is 18.3 Å². The number of aliphatic carboxylic acids is 1. The van der Waals surface area contributed by atoms with E-state index in [-0.39, 0.29) is 17.1 Å². The van der Waals surface area contributed by atoms with Gasteiger partial charge in [0.1, 0.15) is 5.82 Å². The third-order valence-electron chi connectivity index (χ3n) is 3.52. The molecular weight excluding hydrogens is 388 g/mol. The van der Waals surface area contributed by atoms with Crippen molar-refractivity contribution in [3.63, 3.8) is 0 Å². The van der Waals surface area contributed by atoms with Crippen LogP contribution in [0, 0.1) is 6.92 Å². The van der Waals surface area contributed by atoms with Crippen LogP contribution in [-0.2, 0) is 21.2 Å². The van der Waals surface area contributed by atoms with E-state index >= 15 is 0 Å². The number of carboxylic acid groups (broad SMARTS) is 1. The molecular formula is C17H16N4O4S2. The van der Waals surface area contributed by atoms with Gasteiger partial charge in [0.05, 0.1) is 17.0 Å². The van der Waals surface area contributed by atoms with E-state index in [1.54, 1.807) is 37.3 Å². The van der Waals surface area contributed by atoms with E-state index in [0.717, 1.165) is 0 Å². The molecule has 0 unspecified atom stereocenters. The smallest absolute Gasteiger partial charge is 0.308 e. The fourth-order valence-electron chi connectivity index (χ4n) is 2.24. The third kappa shape index (κ3) is 4.80. The van der Waals surface area contributed by atoms with Crippen molar-refractivity contribution in [3.8, 4) is 0 Å². The average Bonchev–Trinajstić information content (AvgIpc) is 2.94. The molecule has 0 aliphatic carbocycles. The second-order valence-corrected chi connectivity index (χ2v) is 8.33. The molecule has 27 heavy (non-hydrogen) atoms. The Kier molecular flexibility index (Phi) is 5.38. The number of nitrogens with zero attached hydrogens (tertiary/aromatic N) is 2. The van der Waals surface area contributed by atoms with Crippen LogP contribution in [0.5, 0.6) is 0 Å². The zero-order valence-corrected chi connectivity index (χ0v) is 15.8. The number of thiazole rings is 1. The predicted molar refractivity (Wildman–Crippen MR) is 103 cm³/mol. The second kappa shape index (κ2) is 7.72. The molecule has 140 valence electrons. The molecule has 0 radical (unpaired) electrons. The Morgan fingerprint density at radius 1 is 1.19 bits per heavy atom. The van der Waals surface area contributed by atoms with Crippen LogP contribution in [0.25, 0.3) is 0 Å². The lowest BCUT2D eigenvalue weighted by Gasteiger charge is -2.08. The summed E-state index contributed by atoms with van der Waals surface area (Å²) in [4.78, 5) is 19.8. The number of rotatable bonds is 7. The van der Waals surface area contributed by atoms with Crippen molar-refractivity contribution in [1.29, 1.82) is 0 Å². The first kappa shape index (κ1) is 18.8. The summed E-state index contributed by atoms with van der Waals surface area (Å²) in [6.07, 6.45) is 1.42. The summed E-state index contributed by atoms with van der Waals surface area (Å²) in [5.74, 6) is -0.674. The minimum Gasteiger partial charge on any atom is -0.481 e. The highest BCUT2D eigenvalue weighted by molar-refractivity contribution is 7.92. The topological polar surface area (TPSA) is 121 Å². The van der Waals surface area contributed by atoms with Gasteiger partial charge in [-0.15, -0.1) is 11.3 Å². The number of nitrogens with one attached hydrogen (secondary N) is 2. The van der Waals surface area contributed by atoms with E-state index in [1.807, 2.05) is 0 Å². The summed E-state index contributed by atoms with van der Waals surface area (Å²) in [6, 6.07) is 11.1. The molecule has 3 N–H and O–H groups in total. The molecule has 0 fully saturated rings. The highest BCUT2D eigenvalue weighted by Gasteiger charge is 2.15. The Hall–Kier alpha value is -2.98. The van der Waals surface area contributed by atoms with Gasteiger partial charge in [-0.2, -0.15) is 0 Å². The van der Waals surface area contributed by atoms with E-state index in [4.69, 9.17) is 5.11 Å². The number of pyridine rings is 1. The van der Waals surface area contributed by atoms with Gasteiger partial charge >= 0.3 is 5.97 Å². The average molecular weight is 404 g/mol. The number of sulfonamides is 1. The molecule has 3 rings (SSSR count). The fraction of sp³-hybridized carbons (Fsp3) is 0.118. The lowest BCUT2D eigenvalue weighted by Crippen LogP contribution is -2.13. The molecule has 2 aromatic heterocycles. The van der Waals surface area contributed by atoms with Crippen LogP contribution in [0.4, 0.5) is 16.6 Å². The van der Waals surface area contributed by atoms with Crippen LogP contribution in [0.3, 0.4) is 0 Å². The monoisotopic (exact) mass is 404 g/mol. The standard InChI is InChI=1S/C17H16N4O4S2/c1-11-14(10-16(22)23)26-17(19-11)20-12-5-7-13(8-6-12)27(24,25)21-15-4-2-3-9-18-15/h2-9H,10H2,1H3,(H,18,21)(H,19,20)(H,22,23). The van der Waals surface area contributed by atoms with Crippen LogP contribution in [0.15, 0.2) is 53.6 Å². The molecule has 8 nitrogen and oxygen atoms in total. The van der Waals surface area contributed by atoms with Crippen LogP contribution in [-0.4, -0.2) is 29.5 Å². The number of anilines is 3. The minimum atomic E-state index is -3.74. The number of aryl methyl sites for hydroxylation is 1. The Bertz CT molecular complexity index is 1050. The number of hydrogen-bond donors (Lipinski definition) is 3. The minimum absolute atomic E-state index is 0.0818. The number of benzene rings is 1. The third-order valence-corrected chi connectivity index (χ3v) is 5.97. The highest BCUT2D eigenvalue weighted by atomic mass is 32.2. The van der Waals surface area contributed by atoms with Gasteiger partial charge in [0.2, 0.25) is 0 Å². The summed E-state index contributed by atoms with van der Waals surface area (Å²) in [5, 5.41) is 12.5. The van der Waals surface area contributed by atoms with Crippen LogP contribution >= 0.6 is 11.3 Å². The number of aromatic nitrogens is 2. The Morgan fingerprint density at radius 3 is 2.56 bits per heavy atom. The van der Waals surface area contributed by atoms with Crippen LogP contribution < -0.4 is 10.0 Å². The zero-order valence-electron chi connectivity index (χ0n) is 14.2. The molecule has 0 aliphatic heterocycles. The van der Waals surface area contributed by atoms with E-state index in [9.17, 15) is 13.2 Å². The maximum atomic E-state index is 12.4. The molecule has 10 heteroatoms. The molecule has 2 heterocycles. The van der Waals surface area contributed by atoms with Gasteiger partial charge in [-0.3, -0.25) is 9.52 Å². The quantitative estimate of drug-likeness (QED) is 0.553. The fourth-order valence-corrected chi connectivity index (χ4v) is 4.23. The van der Waals surface area contributed by atoms with Crippen molar-refractivity contribution >= 4 is 44.0 Å². The molecule has 0 atom stereocenters. The van der Waals surface area contributed by atoms with Crippen LogP contribution in [0.1, 0.15) is 10.6 Å². The largest absolute Gasteiger partial charge is 0.481 e. The molecule has 0 aliphatic rings. The Balaban J connectivity index is 1.73. The molecule has 0 saturated heterocycles. The first-order valence-corrected chi connectivity index (χ1v) is 10.1. The first-order valence-electron chi connectivity index (χ1n) is 7.82. The Morgan fingerprint density at radius 2 is 1.93 bits per heavy atom. The van der Waals surface area contributed by atoms with E-state index in [1.165, 1.54) is 29.7 Å². The van der Waals surface area contributed by atoms with Gasteiger partial charge in [0.25, 0.3) is 10.0 Å². The van der Waals surface area contributed by atoms with Gasteiger partial charge in [-0.1, -0.05) is 6.07 Å². The van der Waals surface area contributed by atoms with Crippen LogP contribution in [0.2, 0.25) is 0 Å². The normalized spacial score (nSPS) is 11.1. The summed E-state index contributed by atoms with van der Waals surface area (Å²) in [6.45, 7) is 1.75. The second-order valence-electron chi connectivity index (χ2n) is 5.57. The molecule has 0 spiro atoms. The number of hydrogen-bond acceptors (Lipinski definition) is 7. The molecule has 0 saturated carbocycles. The first-order chi connectivity index (χ1) is 12.8. The van der Waals surface area contributed by atoms with Crippen molar-refractivity contribution in [2.24, 2.45) is 0 Å². The van der Waals surface area contributed by atoms with E-state index in [0.29, 0.717) is 21.4 Å². The molecule has 0 bridgehead atoms. The van der Waals surface area contributed by atoms with E-state index < -0.39 is 16.0 Å². The van der Waals surface area contributed by atoms with Gasteiger partial charge < -0.3 is 10.4 Å². The molecule has 0 amide bonds. The molecule has 3 aromatic rings. The van der Waals surface area contributed by atoms with E-state index in [2.05, 4.69) is 20.0 Å². The highest BCUT2D eigenvalue weighted by Crippen LogP contribution is 2.27. The summed E-state index contributed by atoms with van der Waals surface area (Å²) < 4.78 is 27.2. The van der Waals surface area contributed by atoms with Gasteiger partial charge in [-0.05, 0) is 43.3 Å². The lowest BCUT2D eigenvalue weighted by molar-refractivity contribution is -0.136. The maximum Gasteiger partial charge on any atom is 0.308 e. The zero-order chi connectivity index (χ0) is 19.4. The summed E-state index contributed by atoms with van der Waals surface area (Å²) >= 11 is 1.25. The molecule has 1 aromatic carbocycles. The number of carboxylic acids is 1. The van der Waals surface area contributed by atoms with Crippen molar-refractivity contribution in [3.05, 3.63) is 59.2 Å². The Labute approximate surface area is 160 Å². The summed E-state index contributed by atoms with van der Waals surface area (Å²) in [5.41, 5.74) is 1.30. The predicted octanol–water partition coefficient (Wildman–Crippen LogP) is 3.02.